The first-order valence-electron chi connectivity index (χ1n) is 4.43. The Hall–Kier alpha value is -1.16. The average molecular weight is 182 g/mol. The number of aliphatic hydroxyl groups is 1. The first kappa shape index (κ1) is 9.92. The molecule has 1 aromatic heterocycles. The van der Waals surface area contributed by atoms with Crippen LogP contribution in [0.2, 0.25) is 0 Å². The SMILES string of the molecule is CCC(O)C(=O)c1cnn(CC)c1. The van der Waals surface area contributed by atoms with Gasteiger partial charge in [-0.15, -0.1) is 0 Å². The minimum Gasteiger partial charge on any atom is -0.385 e. The summed E-state index contributed by atoms with van der Waals surface area (Å²) in [5.41, 5.74) is 0.483. The van der Waals surface area contributed by atoms with E-state index in [1.165, 1.54) is 6.20 Å². The van der Waals surface area contributed by atoms with Crippen molar-refractivity contribution in [1.82, 2.24) is 9.78 Å². The van der Waals surface area contributed by atoms with Crippen molar-refractivity contribution in [2.45, 2.75) is 32.9 Å². The summed E-state index contributed by atoms with van der Waals surface area (Å²) in [7, 11) is 0. The summed E-state index contributed by atoms with van der Waals surface area (Å²) in [6.45, 7) is 4.44. The molecule has 0 amide bonds. The third kappa shape index (κ3) is 2.15. The number of ketones is 1. The molecule has 0 saturated carbocycles. The molecule has 1 N–H and O–H groups in total. The first-order chi connectivity index (χ1) is 6.19. The molecular formula is C9H14N2O2. The predicted octanol–water partition coefficient (Wildman–Crippen LogP) is 0.857. The van der Waals surface area contributed by atoms with Crippen LogP contribution < -0.4 is 0 Å². The Kier molecular flexibility index (Phi) is 3.19. The first-order valence-corrected chi connectivity index (χ1v) is 4.43. The molecule has 1 heterocycles. The van der Waals surface area contributed by atoms with Gasteiger partial charge < -0.3 is 5.11 Å². The summed E-state index contributed by atoms with van der Waals surface area (Å²) in [6.07, 6.45) is 2.69. The molecular weight excluding hydrogens is 168 g/mol. The molecule has 0 spiro atoms. The molecule has 0 aliphatic rings. The molecule has 0 radical (unpaired) electrons. The zero-order valence-corrected chi connectivity index (χ0v) is 7.90. The van der Waals surface area contributed by atoms with Crippen LogP contribution in [0, 0.1) is 0 Å². The summed E-state index contributed by atoms with van der Waals surface area (Å²) in [6, 6.07) is 0. The van der Waals surface area contributed by atoms with Crippen LogP contribution in [0.1, 0.15) is 30.6 Å². The van der Waals surface area contributed by atoms with Crippen molar-refractivity contribution in [2.24, 2.45) is 0 Å². The maximum atomic E-state index is 11.4. The van der Waals surface area contributed by atoms with Crippen LogP contribution in [0.4, 0.5) is 0 Å². The van der Waals surface area contributed by atoms with Gasteiger partial charge in [0.1, 0.15) is 6.10 Å². The summed E-state index contributed by atoms with van der Waals surface area (Å²) in [4.78, 5) is 11.4. The highest BCUT2D eigenvalue weighted by Crippen LogP contribution is 2.04. The number of Topliss-reactive ketones (excluding diaryl/α,β-unsaturated/α-hetero) is 1. The molecule has 0 saturated heterocycles. The largest absolute Gasteiger partial charge is 0.385 e. The van der Waals surface area contributed by atoms with Gasteiger partial charge in [0.25, 0.3) is 0 Å². The zero-order chi connectivity index (χ0) is 9.84. The molecule has 72 valence electrons. The number of aryl methyl sites for hydroxylation is 1. The monoisotopic (exact) mass is 182 g/mol. The molecule has 1 unspecified atom stereocenters. The van der Waals surface area contributed by atoms with E-state index in [0.717, 1.165) is 6.54 Å². The second-order valence-electron chi connectivity index (χ2n) is 2.87. The lowest BCUT2D eigenvalue weighted by atomic mass is 10.1. The Bertz CT molecular complexity index is 294. The molecule has 0 aromatic carbocycles. The Balaban J connectivity index is 2.77. The maximum Gasteiger partial charge on any atom is 0.194 e. The lowest BCUT2D eigenvalue weighted by Crippen LogP contribution is -2.18. The minimum absolute atomic E-state index is 0.248. The van der Waals surface area contributed by atoms with Gasteiger partial charge in [0, 0.05) is 12.7 Å². The molecule has 4 nitrogen and oxygen atoms in total. The van der Waals surface area contributed by atoms with Gasteiger partial charge in [0.15, 0.2) is 5.78 Å². The predicted molar refractivity (Wildman–Crippen MR) is 48.5 cm³/mol. The van der Waals surface area contributed by atoms with E-state index < -0.39 is 6.10 Å². The van der Waals surface area contributed by atoms with E-state index in [-0.39, 0.29) is 5.78 Å². The normalized spacial score (nSPS) is 12.8. The Morgan fingerprint density at radius 1 is 1.69 bits per heavy atom. The fraction of sp³-hybridized carbons (Fsp3) is 0.556. The number of carbonyl (C=O) groups is 1. The molecule has 1 atom stereocenters. The van der Waals surface area contributed by atoms with E-state index in [2.05, 4.69) is 5.10 Å². The van der Waals surface area contributed by atoms with Crippen LogP contribution in [0.25, 0.3) is 0 Å². The second kappa shape index (κ2) is 4.18. The molecule has 13 heavy (non-hydrogen) atoms. The molecule has 1 rings (SSSR count). The highest BCUT2D eigenvalue weighted by atomic mass is 16.3. The molecule has 4 heteroatoms. The van der Waals surface area contributed by atoms with Crippen molar-refractivity contribution in [3.8, 4) is 0 Å². The van der Waals surface area contributed by atoms with Crippen LogP contribution in [0.15, 0.2) is 12.4 Å². The number of hydrogen-bond acceptors (Lipinski definition) is 3. The van der Waals surface area contributed by atoms with Crippen LogP contribution in [-0.4, -0.2) is 26.8 Å². The van der Waals surface area contributed by atoms with E-state index in [4.69, 9.17) is 0 Å². The fourth-order valence-corrected chi connectivity index (χ4v) is 1.04. The van der Waals surface area contributed by atoms with Crippen molar-refractivity contribution in [3.05, 3.63) is 18.0 Å². The highest BCUT2D eigenvalue weighted by Gasteiger charge is 2.16. The van der Waals surface area contributed by atoms with E-state index in [0.29, 0.717) is 12.0 Å². The van der Waals surface area contributed by atoms with Crippen molar-refractivity contribution >= 4 is 5.78 Å². The lowest BCUT2D eigenvalue weighted by Gasteiger charge is -2.02. The quantitative estimate of drug-likeness (QED) is 0.702. The molecule has 0 aliphatic heterocycles. The highest BCUT2D eigenvalue weighted by molar-refractivity contribution is 5.98. The van der Waals surface area contributed by atoms with E-state index >= 15 is 0 Å². The van der Waals surface area contributed by atoms with Crippen LogP contribution in [0.3, 0.4) is 0 Å². The average Bonchev–Trinajstić information content (AvgIpc) is 2.63. The summed E-state index contributed by atoms with van der Waals surface area (Å²) >= 11 is 0. The van der Waals surface area contributed by atoms with Crippen LogP contribution >= 0.6 is 0 Å². The number of aromatic nitrogens is 2. The number of carbonyl (C=O) groups excluding carboxylic acids is 1. The van der Waals surface area contributed by atoms with Gasteiger partial charge in [-0.3, -0.25) is 9.48 Å². The smallest absolute Gasteiger partial charge is 0.194 e. The zero-order valence-electron chi connectivity index (χ0n) is 7.90. The Labute approximate surface area is 77.2 Å². The van der Waals surface area contributed by atoms with Crippen LogP contribution in [0.5, 0.6) is 0 Å². The van der Waals surface area contributed by atoms with Crippen molar-refractivity contribution in [3.63, 3.8) is 0 Å². The Morgan fingerprint density at radius 2 is 2.38 bits per heavy atom. The summed E-state index contributed by atoms with van der Waals surface area (Å²) in [5, 5.41) is 13.2. The van der Waals surface area contributed by atoms with Gasteiger partial charge in [-0.05, 0) is 13.3 Å². The minimum atomic E-state index is -0.894. The van der Waals surface area contributed by atoms with Crippen molar-refractivity contribution in [1.29, 1.82) is 0 Å². The Morgan fingerprint density at radius 3 is 2.85 bits per heavy atom. The van der Waals surface area contributed by atoms with Gasteiger partial charge in [0.05, 0.1) is 11.8 Å². The fourth-order valence-electron chi connectivity index (χ4n) is 1.04. The maximum absolute atomic E-state index is 11.4. The number of aliphatic hydroxyl groups excluding tert-OH is 1. The van der Waals surface area contributed by atoms with Crippen molar-refractivity contribution < 1.29 is 9.90 Å². The summed E-state index contributed by atoms with van der Waals surface area (Å²) < 4.78 is 1.66. The second-order valence-corrected chi connectivity index (χ2v) is 2.87. The van der Waals surface area contributed by atoms with E-state index in [1.807, 2.05) is 6.92 Å². The number of hydrogen-bond donors (Lipinski definition) is 1. The third-order valence-electron chi connectivity index (χ3n) is 1.93. The van der Waals surface area contributed by atoms with Gasteiger partial charge in [-0.25, -0.2) is 0 Å². The van der Waals surface area contributed by atoms with Gasteiger partial charge in [0.2, 0.25) is 0 Å². The number of nitrogens with zero attached hydrogens (tertiary/aromatic N) is 2. The third-order valence-corrected chi connectivity index (χ3v) is 1.93. The van der Waals surface area contributed by atoms with Crippen molar-refractivity contribution in [2.75, 3.05) is 0 Å². The molecule has 0 fully saturated rings. The standard InChI is InChI=1S/C9H14N2O2/c1-3-8(12)9(13)7-5-10-11(4-2)6-7/h5-6,8,12H,3-4H2,1-2H3. The molecule has 0 aliphatic carbocycles. The van der Waals surface area contributed by atoms with Gasteiger partial charge >= 0.3 is 0 Å². The molecule has 0 bridgehead atoms. The lowest BCUT2D eigenvalue weighted by molar-refractivity contribution is 0.0740. The van der Waals surface area contributed by atoms with Crippen LogP contribution in [-0.2, 0) is 6.54 Å². The topological polar surface area (TPSA) is 55.1 Å². The van der Waals surface area contributed by atoms with Gasteiger partial charge in [-0.2, -0.15) is 5.10 Å². The van der Waals surface area contributed by atoms with E-state index in [9.17, 15) is 9.90 Å². The molecule has 1 aromatic rings. The summed E-state index contributed by atoms with van der Waals surface area (Å²) in [5.74, 6) is -0.248. The van der Waals surface area contributed by atoms with Gasteiger partial charge in [-0.1, -0.05) is 6.92 Å². The van der Waals surface area contributed by atoms with E-state index in [1.54, 1.807) is 17.8 Å². The number of rotatable bonds is 4.